The van der Waals surface area contributed by atoms with E-state index in [1.807, 2.05) is 10.3 Å². The number of hydrazine groups is 1. The molecule has 122 valence electrons. The molecule has 0 aliphatic heterocycles. The average molecular weight is 329 g/mol. The second-order valence-electron chi connectivity index (χ2n) is 4.84. The van der Waals surface area contributed by atoms with E-state index in [0.717, 1.165) is 0 Å². The zero-order valence-electron chi connectivity index (χ0n) is 12.8. The first-order chi connectivity index (χ1) is 10.2. The van der Waals surface area contributed by atoms with Gasteiger partial charge in [0.1, 0.15) is 10.6 Å². The number of aryl methyl sites for hydroxylation is 1. The number of benzene rings is 1. The maximum Gasteiger partial charge on any atom is 0.324 e. The quantitative estimate of drug-likeness (QED) is 0.513. The normalized spacial score (nSPS) is 11.1. The number of nitrogens with one attached hydrogen (secondary N) is 3. The fraction of sp³-hybridized carbons (Fsp3) is 0.385. The third kappa shape index (κ3) is 4.71. The lowest BCUT2D eigenvalue weighted by molar-refractivity contribution is -0.139. The van der Waals surface area contributed by atoms with Crippen LogP contribution in [0.2, 0.25) is 0 Å². The molecule has 1 rings (SSSR count). The summed E-state index contributed by atoms with van der Waals surface area (Å²) in [7, 11) is -2.74. The number of hydrogen-bond acceptors (Lipinski definition) is 5. The zero-order chi connectivity index (χ0) is 16.9. The summed E-state index contributed by atoms with van der Waals surface area (Å²) in [6.07, 6.45) is 0. The molecule has 1 aromatic carbocycles. The Morgan fingerprint density at radius 1 is 1.18 bits per heavy atom. The third-order valence-electron chi connectivity index (χ3n) is 2.53. The molecule has 0 aliphatic carbocycles. The molecule has 22 heavy (non-hydrogen) atoms. The molecule has 1 aromatic rings. The smallest absolute Gasteiger partial charge is 0.324 e. The van der Waals surface area contributed by atoms with Crippen molar-refractivity contribution < 1.29 is 22.7 Å². The lowest BCUT2D eigenvalue weighted by atomic mass is 10.2. The second kappa shape index (κ2) is 7.23. The van der Waals surface area contributed by atoms with Gasteiger partial charge in [-0.05, 0) is 38.5 Å². The van der Waals surface area contributed by atoms with Crippen molar-refractivity contribution in [1.82, 2.24) is 15.6 Å². The molecule has 0 spiro atoms. The van der Waals surface area contributed by atoms with Gasteiger partial charge in [0, 0.05) is 6.04 Å². The monoisotopic (exact) mass is 329 g/mol. The van der Waals surface area contributed by atoms with Gasteiger partial charge in [0.25, 0.3) is 10.0 Å². The van der Waals surface area contributed by atoms with E-state index in [9.17, 15) is 18.0 Å². The largest absolute Gasteiger partial charge is 0.495 e. The first-order valence-corrected chi connectivity index (χ1v) is 7.93. The second-order valence-corrected chi connectivity index (χ2v) is 6.49. The van der Waals surface area contributed by atoms with Gasteiger partial charge >= 0.3 is 11.8 Å². The number of carbonyl (C=O) groups excluding carboxylic acids is 2. The van der Waals surface area contributed by atoms with Crippen LogP contribution in [0.15, 0.2) is 23.1 Å². The Kier molecular flexibility index (Phi) is 5.89. The highest BCUT2D eigenvalue weighted by atomic mass is 32.2. The van der Waals surface area contributed by atoms with Crippen molar-refractivity contribution in [2.45, 2.75) is 31.7 Å². The first kappa shape index (κ1) is 17.9. The van der Waals surface area contributed by atoms with Crippen molar-refractivity contribution in [3.8, 4) is 5.75 Å². The zero-order valence-corrected chi connectivity index (χ0v) is 13.6. The van der Waals surface area contributed by atoms with Crippen LogP contribution in [0, 0.1) is 6.92 Å². The van der Waals surface area contributed by atoms with Crippen molar-refractivity contribution in [2.75, 3.05) is 7.11 Å². The Balaban J connectivity index is 2.87. The molecule has 0 saturated carbocycles. The number of carbonyl (C=O) groups is 2. The molecule has 9 heteroatoms. The van der Waals surface area contributed by atoms with E-state index >= 15 is 0 Å². The Hall–Kier alpha value is -2.13. The minimum atomic E-state index is -4.07. The summed E-state index contributed by atoms with van der Waals surface area (Å²) < 4.78 is 29.3. The minimum Gasteiger partial charge on any atom is -0.495 e. The summed E-state index contributed by atoms with van der Waals surface area (Å²) in [5.74, 6) is -1.92. The lowest BCUT2D eigenvalue weighted by Gasteiger charge is -2.12. The Morgan fingerprint density at radius 2 is 1.82 bits per heavy atom. The van der Waals surface area contributed by atoms with Gasteiger partial charge in [-0.3, -0.25) is 15.0 Å². The highest BCUT2D eigenvalue weighted by Gasteiger charge is 2.22. The van der Waals surface area contributed by atoms with Crippen LogP contribution in [0.5, 0.6) is 5.75 Å². The van der Waals surface area contributed by atoms with Crippen LogP contribution in [0.3, 0.4) is 0 Å². The number of rotatable bonds is 5. The molecular formula is C13H19N3O5S. The summed E-state index contributed by atoms with van der Waals surface area (Å²) in [6, 6.07) is 4.33. The van der Waals surface area contributed by atoms with Crippen LogP contribution < -0.4 is 20.3 Å². The maximum absolute atomic E-state index is 12.2. The lowest BCUT2D eigenvalue weighted by Crippen LogP contribution is -2.49. The molecule has 0 unspecified atom stereocenters. The maximum atomic E-state index is 12.2. The van der Waals surface area contributed by atoms with E-state index in [2.05, 4.69) is 5.32 Å². The summed E-state index contributed by atoms with van der Waals surface area (Å²) in [5, 5.41) is 2.34. The fourth-order valence-electron chi connectivity index (χ4n) is 1.55. The average Bonchev–Trinajstić information content (AvgIpc) is 2.44. The molecule has 0 bridgehead atoms. The van der Waals surface area contributed by atoms with E-state index in [1.165, 1.54) is 19.2 Å². The van der Waals surface area contributed by atoms with E-state index in [1.54, 1.807) is 26.8 Å². The minimum absolute atomic E-state index is 0.124. The molecular weight excluding hydrogens is 310 g/mol. The van der Waals surface area contributed by atoms with Crippen molar-refractivity contribution in [3.63, 3.8) is 0 Å². The molecule has 3 N–H and O–H groups in total. The van der Waals surface area contributed by atoms with E-state index in [0.29, 0.717) is 5.56 Å². The van der Waals surface area contributed by atoms with Gasteiger partial charge in [0.15, 0.2) is 0 Å². The van der Waals surface area contributed by atoms with Crippen molar-refractivity contribution >= 4 is 21.8 Å². The summed E-state index contributed by atoms with van der Waals surface area (Å²) in [5.41, 5.74) is 2.55. The number of sulfonamides is 1. The molecule has 0 aromatic heterocycles. The molecule has 0 aliphatic rings. The SMILES string of the molecule is COc1ccc(C)cc1S(=O)(=O)NNC(=O)C(=O)NC(C)C. The van der Waals surface area contributed by atoms with E-state index in [-0.39, 0.29) is 16.7 Å². The topological polar surface area (TPSA) is 114 Å². The van der Waals surface area contributed by atoms with Crippen LogP contribution >= 0.6 is 0 Å². The highest BCUT2D eigenvalue weighted by molar-refractivity contribution is 7.89. The predicted octanol–water partition coefficient (Wildman–Crippen LogP) is -0.162. The molecule has 0 atom stereocenters. The Labute approximate surface area is 129 Å². The molecule has 0 saturated heterocycles. The van der Waals surface area contributed by atoms with Gasteiger partial charge in [-0.1, -0.05) is 6.07 Å². The Morgan fingerprint density at radius 3 is 2.36 bits per heavy atom. The highest BCUT2D eigenvalue weighted by Crippen LogP contribution is 2.24. The van der Waals surface area contributed by atoms with E-state index < -0.39 is 21.8 Å². The van der Waals surface area contributed by atoms with Crippen molar-refractivity contribution in [3.05, 3.63) is 23.8 Å². The predicted molar refractivity (Wildman–Crippen MR) is 79.5 cm³/mol. The summed E-state index contributed by atoms with van der Waals surface area (Å²) in [6.45, 7) is 5.06. The number of hydrogen-bond donors (Lipinski definition) is 3. The van der Waals surface area contributed by atoms with Gasteiger partial charge in [0.05, 0.1) is 7.11 Å². The van der Waals surface area contributed by atoms with Crippen LogP contribution in [0.4, 0.5) is 0 Å². The van der Waals surface area contributed by atoms with Gasteiger partial charge in [0.2, 0.25) is 0 Å². The number of ether oxygens (including phenoxy) is 1. The van der Waals surface area contributed by atoms with Crippen molar-refractivity contribution in [2.24, 2.45) is 0 Å². The van der Waals surface area contributed by atoms with Gasteiger partial charge in [-0.25, -0.2) is 8.42 Å². The third-order valence-corrected chi connectivity index (χ3v) is 3.80. The molecule has 0 heterocycles. The molecule has 0 fully saturated rings. The van der Waals surface area contributed by atoms with Gasteiger partial charge in [-0.15, -0.1) is 4.83 Å². The van der Waals surface area contributed by atoms with Crippen LogP contribution in [0.25, 0.3) is 0 Å². The first-order valence-electron chi connectivity index (χ1n) is 6.44. The number of amides is 2. The Bertz CT molecular complexity index is 670. The standard InChI is InChI=1S/C13H19N3O5S/c1-8(2)14-12(17)13(18)15-16-22(19,20)11-7-9(3)5-6-10(11)21-4/h5-8,16H,1-4H3,(H,14,17)(H,15,18). The van der Waals surface area contributed by atoms with Crippen LogP contribution in [-0.4, -0.2) is 33.4 Å². The van der Waals surface area contributed by atoms with Gasteiger partial charge in [-0.2, -0.15) is 0 Å². The fourth-order valence-corrected chi connectivity index (χ4v) is 2.64. The molecule has 8 nitrogen and oxygen atoms in total. The summed E-state index contributed by atoms with van der Waals surface area (Å²) >= 11 is 0. The summed E-state index contributed by atoms with van der Waals surface area (Å²) in [4.78, 5) is 24.6. The molecule has 0 radical (unpaired) electrons. The van der Waals surface area contributed by atoms with Crippen LogP contribution in [0.1, 0.15) is 19.4 Å². The van der Waals surface area contributed by atoms with Crippen LogP contribution in [-0.2, 0) is 19.6 Å². The van der Waals surface area contributed by atoms with E-state index in [4.69, 9.17) is 4.74 Å². The van der Waals surface area contributed by atoms with Crippen molar-refractivity contribution in [1.29, 1.82) is 0 Å². The molecule has 2 amide bonds. The van der Waals surface area contributed by atoms with Gasteiger partial charge < -0.3 is 10.1 Å². The number of methoxy groups -OCH3 is 1.